The van der Waals surface area contributed by atoms with Crippen LogP contribution >= 0.6 is 0 Å². The Hall–Kier alpha value is -2.10. The smallest absolute Gasteiger partial charge is 0.426 e. The first kappa shape index (κ1) is 18.9. The van der Waals surface area contributed by atoms with Crippen LogP contribution in [0.3, 0.4) is 0 Å². The molecule has 0 aliphatic carbocycles. The maximum atomic E-state index is 12.7. The third kappa shape index (κ3) is 5.23. The van der Waals surface area contributed by atoms with Gasteiger partial charge in [0.25, 0.3) is 0 Å². The Kier molecular flexibility index (Phi) is 6.13. The summed E-state index contributed by atoms with van der Waals surface area (Å²) in [5, 5.41) is 22.6. The van der Waals surface area contributed by atoms with E-state index in [2.05, 4.69) is 14.8 Å². The minimum Gasteiger partial charge on any atom is -0.426 e. The highest BCUT2D eigenvalue weighted by molar-refractivity contribution is 5.29. The number of rotatable bonds is 7. The monoisotopic (exact) mass is 341 g/mol. The van der Waals surface area contributed by atoms with E-state index in [9.17, 15) is 32.2 Å². The molecule has 0 saturated carbocycles. The fourth-order valence-corrected chi connectivity index (χ4v) is 1.55. The summed E-state index contributed by atoms with van der Waals surface area (Å²) in [5.41, 5.74) is 8.14. The molecule has 0 heterocycles. The lowest BCUT2D eigenvalue weighted by molar-refractivity contribution is -0.360. The number of nitrogens with zero attached hydrogens (tertiary/aromatic N) is 3. The first-order chi connectivity index (χ1) is 10.6. The highest BCUT2D eigenvalue weighted by atomic mass is 19.4. The number of alkyl halides is 5. The summed E-state index contributed by atoms with van der Waals surface area (Å²) in [7, 11) is 0. The van der Waals surface area contributed by atoms with Gasteiger partial charge in [0.15, 0.2) is 0 Å². The zero-order valence-corrected chi connectivity index (χ0v) is 11.4. The number of azide groups is 1. The molecule has 0 amide bonds. The number of aliphatic hydroxyl groups excluding tert-OH is 2. The van der Waals surface area contributed by atoms with Crippen LogP contribution in [0.5, 0.6) is 5.75 Å². The molecular weight excluding hydrogens is 329 g/mol. The minimum atomic E-state index is -5.86. The van der Waals surface area contributed by atoms with Gasteiger partial charge in [-0.05, 0) is 29.6 Å². The lowest BCUT2D eigenvalue weighted by Gasteiger charge is -2.21. The predicted octanol–water partition coefficient (Wildman–Crippen LogP) is 3.32. The molecule has 6 nitrogen and oxygen atoms in total. The van der Waals surface area contributed by atoms with Gasteiger partial charge in [-0.3, -0.25) is 0 Å². The number of benzene rings is 1. The quantitative estimate of drug-likeness (QED) is 0.344. The van der Waals surface area contributed by atoms with Crippen LogP contribution in [0.25, 0.3) is 10.4 Å². The maximum Gasteiger partial charge on any atom is 0.499 e. The van der Waals surface area contributed by atoms with Gasteiger partial charge in [0.1, 0.15) is 11.9 Å². The van der Waals surface area contributed by atoms with Gasteiger partial charge >= 0.3 is 12.3 Å². The fourth-order valence-electron chi connectivity index (χ4n) is 1.55. The van der Waals surface area contributed by atoms with E-state index in [0.29, 0.717) is 0 Å². The molecule has 2 atom stereocenters. The summed E-state index contributed by atoms with van der Waals surface area (Å²) < 4.78 is 65.0. The second kappa shape index (κ2) is 7.44. The molecule has 2 unspecified atom stereocenters. The van der Waals surface area contributed by atoms with Gasteiger partial charge in [-0.15, -0.1) is 0 Å². The van der Waals surface area contributed by atoms with Gasteiger partial charge in [-0.25, -0.2) is 0 Å². The molecule has 1 aromatic carbocycles. The largest absolute Gasteiger partial charge is 0.499 e. The average Bonchev–Trinajstić information content (AvgIpc) is 2.46. The van der Waals surface area contributed by atoms with Crippen LogP contribution in [0.1, 0.15) is 18.1 Å². The van der Waals surface area contributed by atoms with E-state index in [-0.39, 0.29) is 18.5 Å². The molecule has 2 N–H and O–H groups in total. The van der Waals surface area contributed by atoms with Crippen LogP contribution in [0.15, 0.2) is 29.4 Å². The van der Waals surface area contributed by atoms with Crippen molar-refractivity contribution in [2.45, 2.75) is 30.9 Å². The van der Waals surface area contributed by atoms with Crippen LogP contribution in [-0.2, 0) is 0 Å². The summed E-state index contributed by atoms with van der Waals surface area (Å²) in [6.45, 7) is -0.0757. The zero-order chi connectivity index (χ0) is 17.7. The van der Waals surface area contributed by atoms with Gasteiger partial charge < -0.3 is 14.9 Å². The standard InChI is InChI=1S/C12H12F5N3O3/c13-11(14,15)12(16,17)23-8-3-1-7(2-4-8)10(22)9(21)5-6-19-20-18/h1-4,9-10,21-22H,5-6H2. The number of hydrogen-bond donors (Lipinski definition) is 2. The van der Waals surface area contributed by atoms with Crippen molar-refractivity contribution in [1.29, 1.82) is 0 Å². The first-order valence-corrected chi connectivity index (χ1v) is 6.19. The second-order valence-electron chi connectivity index (χ2n) is 4.44. The predicted molar refractivity (Wildman–Crippen MR) is 67.7 cm³/mol. The van der Waals surface area contributed by atoms with Crippen molar-refractivity contribution in [2.75, 3.05) is 6.54 Å². The average molecular weight is 341 g/mol. The van der Waals surface area contributed by atoms with Gasteiger partial charge in [0, 0.05) is 11.5 Å². The van der Waals surface area contributed by atoms with E-state index in [0.717, 1.165) is 24.3 Å². The van der Waals surface area contributed by atoms with Gasteiger partial charge in [0.2, 0.25) is 0 Å². The molecule has 0 radical (unpaired) electrons. The highest BCUT2D eigenvalue weighted by Gasteiger charge is 2.61. The zero-order valence-electron chi connectivity index (χ0n) is 11.4. The Bertz CT molecular complexity index is 558. The van der Waals surface area contributed by atoms with Gasteiger partial charge in [0.05, 0.1) is 6.10 Å². The lowest BCUT2D eigenvalue weighted by atomic mass is 10.0. The van der Waals surface area contributed by atoms with Crippen molar-refractivity contribution in [2.24, 2.45) is 5.11 Å². The van der Waals surface area contributed by atoms with Crippen LogP contribution < -0.4 is 4.74 Å². The summed E-state index contributed by atoms with van der Waals surface area (Å²) in [6, 6.07) is 3.67. The molecular formula is C12H12F5N3O3. The van der Waals surface area contributed by atoms with E-state index in [1.54, 1.807) is 0 Å². The molecule has 1 aromatic rings. The van der Waals surface area contributed by atoms with Crippen LogP contribution in [0, 0.1) is 0 Å². The normalized spacial score (nSPS) is 14.7. The van der Waals surface area contributed by atoms with Crippen molar-refractivity contribution in [3.8, 4) is 5.75 Å². The Morgan fingerprint density at radius 3 is 2.17 bits per heavy atom. The molecule has 0 aliphatic rings. The molecule has 23 heavy (non-hydrogen) atoms. The molecule has 0 spiro atoms. The van der Waals surface area contributed by atoms with Crippen molar-refractivity contribution in [1.82, 2.24) is 0 Å². The molecule has 11 heteroatoms. The van der Waals surface area contributed by atoms with Crippen LogP contribution in [0.4, 0.5) is 22.0 Å². The maximum absolute atomic E-state index is 12.7. The topological polar surface area (TPSA) is 98.5 Å². The molecule has 0 saturated heterocycles. The third-order valence-corrected chi connectivity index (χ3v) is 2.75. The Morgan fingerprint density at radius 1 is 1.13 bits per heavy atom. The van der Waals surface area contributed by atoms with Gasteiger partial charge in [-0.2, -0.15) is 22.0 Å². The molecule has 0 aliphatic heterocycles. The minimum absolute atomic E-state index is 0.0599. The molecule has 1 rings (SSSR count). The molecule has 0 aromatic heterocycles. The number of halogens is 5. The van der Waals surface area contributed by atoms with Crippen molar-refractivity contribution < 1.29 is 36.9 Å². The van der Waals surface area contributed by atoms with Crippen LogP contribution in [0.2, 0.25) is 0 Å². The highest BCUT2D eigenvalue weighted by Crippen LogP contribution is 2.37. The van der Waals surface area contributed by atoms with E-state index in [1.165, 1.54) is 0 Å². The second-order valence-corrected chi connectivity index (χ2v) is 4.44. The first-order valence-electron chi connectivity index (χ1n) is 6.19. The lowest BCUT2D eigenvalue weighted by Crippen LogP contribution is -2.41. The summed E-state index contributed by atoms with van der Waals surface area (Å²) >= 11 is 0. The van der Waals surface area contributed by atoms with Crippen LogP contribution in [-0.4, -0.2) is 35.1 Å². The van der Waals surface area contributed by atoms with Crippen molar-refractivity contribution >= 4 is 0 Å². The third-order valence-electron chi connectivity index (χ3n) is 2.75. The summed E-state index contributed by atoms with van der Waals surface area (Å²) in [6.07, 6.45) is -14.0. The Labute approximate surface area is 126 Å². The van der Waals surface area contributed by atoms with E-state index in [1.807, 2.05) is 0 Å². The Morgan fingerprint density at radius 2 is 1.70 bits per heavy atom. The molecule has 128 valence electrons. The molecule has 0 fully saturated rings. The van der Waals surface area contributed by atoms with E-state index in [4.69, 9.17) is 5.53 Å². The number of aliphatic hydroxyl groups is 2. The van der Waals surface area contributed by atoms with Crippen molar-refractivity contribution in [3.05, 3.63) is 40.3 Å². The fraction of sp³-hybridized carbons (Fsp3) is 0.500. The van der Waals surface area contributed by atoms with Crippen molar-refractivity contribution in [3.63, 3.8) is 0 Å². The Balaban J connectivity index is 2.74. The molecule has 0 bridgehead atoms. The number of hydrogen-bond acceptors (Lipinski definition) is 4. The van der Waals surface area contributed by atoms with E-state index >= 15 is 0 Å². The van der Waals surface area contributed by atoms with Gasteiger partial charge in [-0.1, -0.05) is 17.2 Å². The SMILES string of the molecule is [N-]=[N+]=NCCC(O)C(O)c1ccc(OC(F)(F)C(F)(F)F)cc1. The van der Waals surface area contributed by atoms with E-state index < -0.39 is 30.2 Å². The summed E-state index contributed by atoms with van der Waals surface area (Å²) in [5.74, 6) is -0.758. The number of ether oxygens (including phenoxy) is 1. The summed E-state index contributed by atoms with van der Waals surface area (Å²) in [4.78, 5) is 2.46.